The number of nitrogens with zero attached hydrogens (tertiary/aromatic N) is 3. The van der Waals surface area contributed by atoms with E-state index < -0.39 is 30.2 Å². The first-order valence-electron chi connectivity index (χ1n) is 7.69. The summed E-state index contributed by atoms with van der Waals surface area (Å²) in [5, 5.41) is 2.30. The van der Waals surface area contributed by atoms with Crippen molar-refractivity contribution < 1.29 is 26.6 Å². The predicted molar refractivity (Wildman–Crippen MR) is 94.5 cm³/mol. The summed E-state index contributed by atoms with van der Waals surface area (Å²) in [6.07, 6.45) is 1.30. The largest absolute Gasteiger partial charge is 0.400 e. The van der Waals surface area contributed by atoms with Crippen LogP contribution in [0.15, 0.2) is 41.1 Å². The molecule has 1 aromatic carbocycles. The van der Waals surface area contributed by atoms with Crippen LogP contribution in [0.5, 0.6) is 0 Å². The van der Waals surface area contributed by atoms with Crippen LogP contribution < -0.4 is 5.09 Å². The van der Waals surface area contributed by atoms with Crippen LogP contribution >= 0.6 is 18.9 Å². The molecule has 0 saturated carbocycles. The number of benzene rings is 1. The van der Waals surface area contributed by atoms with Gasteiger partial charge in [0, 0.05) is 35.9 Å². The Morgan fingerprint density at radius 1 is 1.21 bits per heavy atom. The molecule has 28 heavy (non-hydrogen) atoms. The van der Waals surface area contributed by atoms with Crippen LogP contribution in [0.3, 0.4) is 0 Å². The van der Waals surface area contributed by atoms with E-state index in [1.54, 1.807) is 0 Å². The second-order valence-electron chi connectivity index (χ2n) is 5.96. The standard InChI is InChI=1S/C16H12ClF4N4O2P/c1-28(26,25-10-4-5-12(18)13(19)6-10)8-11-3-2-9(7-22-11)14-23-15(27-24-14)16(17,20)21/h2-7H,8H2,1H3,(H,25,26). The Kier molecular flexibility index (Phi) is 5.45. The van der Waals surface area contributed by atoms with Crippen LogP contribution in [0.25, 0.3) is 11.4 Å². The highest BCUT2D eigenvalue weighted by Crippen LogP contribution is 2.44. The second-order valence-corrected chi connectivity index (χ2v) is 9.18. The lowest BCUT2D eigenvalue weighted by Gasteiger charge is -2.16. The third kappa shape index (κ3) is 4.88. The van der Waals surface area contributed by atoms with Crippen molar-refractivity contribution in [2.45, 2.75) is 11.5 Å². The molecule has 3 aromatic rings. The van der Waals surface area contributed by atoms with Gasteiger partial charge in [-0.2, -0.15) is 13.8 Å². The van der Waals surface area contributed by atoms with E-state index >= 15 is 0 Å². The number of halogens is 5. The average molecular weight is 435 g/mol. The summed E-state index contributed by atoms with van der Waals surface area (Å²) < 4.78 is 69.2. The monoisotopic (exact) mass is 434 g/mol. The third-order valence-corrected chi connectivity index (χ3v) is 5.32. The van der Waals surface area contributed by atoms with E-state index in [0.717, 1.165) is 12.1 Å². The quantitative estimate of drug-likeness (QED) is 0.325. The van der Waals surface area contributed by atoms with Crippen molar-refractivity contribution in [3.05, 3.63) is 59.7 Å². The summed E-state index contributed by atoms with van der Waals surface area (Å²) in [5.41, 5.74) is 0.873. The van der Waals surface area contributed by atoms with Crippen molar-refractivity contribution in [1.82, 2.24) is 15.1 Å². The molecule has 0 aliphatic carbocycles. The molecule has 2 aromatic heterocycles. The number of alkyl halides is 3. The Balaban J connectivity index is 1.71. The van der Waals surface area contributed by atoms with E-state index in [-0.39, 0.29) is 17.7 Å². The van der Waals surface area contributed by atoms with Gasteiger partial charge >= 0.3 is 11.3 Å². The summed E-state index contributed by atoms with van der Waals surface area (Å²) in [5.74, 6) is -3.24. The number of anilines is 1. The van der Waals surface area contributed by atoms with Crippen molar-refractivity contribution in [1.29, 1.82) is 0 Å². The van der Waals surface area contributed by atoms with Gasteiger partial charge in [-0.3, -0.25) is 4.98 Å². The van der Waals surface area contributed by atoms with Gasteiger partial charge in [0.25, 0.3) is 0 Å². The van der Waals surface area contributed by atoms with E-state index in [0.29, 0.717) is 11.3 Å². The zero-order chi connectivity index (χ0) is 20.5. The Bertz CT molecular complexity index is 1040. The van der Waals surface area contributed by atoms with Crippen LogP contribution in [0.2, 0.25) is 0 Å². The van der Waals surface area contributed by atoms with E-state index in [1.807, 2.05) is 0 Å². The number of hydrogen-bond donors (Lipinski definition) is 1. The van der Waals surface area contributed by atoms with Gasteiger partial charge in [0.2, 0.25) is 5.82 Å². The molecule has 0 saturated heterocycles. The maximum atomic E-state index is 13.3. The van der Waals surface area contributed by atoms with E-state index in [9.17, 15) is 22.1 Å². The highest BCUT2D eigenvalue weighted by atomic mass is 35.5. The minimum atomic E-state index is -3.78. The van der Waals surface area contributed by atoms with Gasteiger partial charge in [0.1, 0.15) is 0 Å². The highest BCUT2D eigenvalue weighted by molar-refractivity contribution is 7.63. The Hall–Kier alpha value is -2.45. The predicted octanol–water partition coefficient (Wildman–Crippen LogP) is 5.22. The van der Waals surface area contributed by atoms with Crippen molar-refractivity contribution in [3.8, 4) is 11.4 Å². The molecule has 0 bridgehead atoms. The van der Waals surface area contributed by atoms with Gasteiger partial charge < -0.3 is 14.2 Å². The number of hydrogen-bond acceptors (Lipinski definition) is 5. The van der Waals surface area contributed by atoms with E-state index in [1.165, 1.54) is 31.1 Å². The number of pyridine rings is 1. The molecule has 6 nitrogen and oxygen atoms in total. The first kappa shape index (κ1) is 20.3. The molecule has 0 aliphatic rings. The zero-order valence-electron chi connectivity index (χ0n) is 14.2. The second kappa shape index (κ2) is 7.52. The average Bonchev–Trinajstić information content (AvgIpc) is 3.08. The summed E-state index contributed by atoms with van der Waals surface area (Å²) in [6, 6.07) is 6.09. The molecule has 12 heteroatoms. The van der Waals surface area contributed by atoms with Gasteiger partial charge in [-0.15, -0.1) is 0 Å². The molecule has 148 valence electrons. The SMILES string of the molecule is CP(=O)(Cc1ccc(-c2noc(C(F)(F)Cl)n2)cn1)Nc1ccc(F)c(F)c1. The lowest BCUT2D eigenvalue weighted by molar-refractivity contribution is 0.0551. The third-order valence-electron chi connectivity index (χ3n) is 3.50. The molecular formula is C16H12ClF4N4O2P. The van der Waals surface area contributed by atoms with Gasteiger partial charge in [-0.05, 0) is 35.9 Å². The molecule has 1 atom stereocenters. The molecular weight excluding hydrogens is 423 g/mol. The fourth-order valence-corrected chi connectivity index (χ4v) is 3.94. The smallest absolute Gasteiger partial charge is 0.336 e. The van der Waals surface area contributed by atoms with Crippen LogP contribution in [0, 0.1) is 11.6 Å². The topological polar surface area (TPSA) is 80.9 Å². The lowest BCUT2D eigenvalue weighted by Crippen LogP contribution is -2.03. The first-order valence-corrected chi connectivity index (χ1v) is 10.4. The molecule has 3 rings (SSSR count). The van der Waals surface area contributed by atoms with Crippen LogP contribution in [-0.4, -0.2) is 21.8 Å². The van der Waals surface area contributed by atoms with Gasteiger partial charge in [-0.1, -0.05) is 5.16 Å². The minimum absolute atomic E-state index is 0.00349. The Morgan fingerprint density at radius 2 is 1.96 bits per heavy atom. The normalized spacial score (nSPS) is 13.9. The maximum absolute atomic E-state index is 13.3. The van der Waals surface area contributed by atoms with Gasteiger partial charge in [0.05, 0.1) is 6.16 Å². The molecule has 0 spiro atoms. The Labute approximate surface area is 161 Å². The highest BCUT2D eigenvalue weighted by Gasteiger charge is 2.35. The Morgan fingerprint density at radius 3 is 2.54 bits per heavy atom. The first-order chi connectivity index (χ1) is 13.0. The van der Waals surface area contributed by atoms with Crippen molar-refractivity contribution in [3.63, 3.8) is 0 Å². The summed E-state index contributed by atoms with van der Waals surface area (Å²) >= 11 is 4.81. The zero-order valence-corrected chi connectivity index (χ0v) is 15.8. The molecule has 0 fully saturated rings. The van der Waals surface area contributed by atoms with Crippen molar-refractivity contribution in [2.75, 3.05) is 11.8 Å². The fourth-order valence-electron chi connectivity index (χ4n) is 2.29. The molecule has 0 radical (unpaired) electrons. The van der Waals surface area contributed by atoms with Crippen molar-refractivity contribution >= 4 is 24.6 Å². The van der Waals surface area contributed by atoms with Gasteiger partial charge in [0.15, 0.2) is 18.9 Å². The summed E-state index contributed by atoms with van der Waals surface area (Å²) in [6.45, 7) is 1.43. The lowest BCUT2D eigenvalue weighted by atomic mass is 10.2. The molecule has 0 aliphatic heterocycles. The molecule has 1 unspecified atom stereocenters. The minimum Gasteiger partial charge on any atom is -0.336 e. The maximum Gasteiger partial charge on any atom is 0.400 e. The molecule has 2 heterocycles. The van der Waals surface area contributed by atoms with E-state index in [2.05, 4.69) is 24.7 Å². The van der Waals surface area contributed by atoms with Gasteiger partial charge in [-0.25, -0.2) is 8.78 Å². The fraction of sp³-hybridized carbons (Fsp3) is 0.188. The molecule has 0 amide bonds. The number of nitrogens with one attached hydrogen (secondary N) is 1. The number of rotatable bonds is 6. The van der Waals surface area contributed by atoms with E-state index in [4.69, 9.17) is 11.6 Å². The van der Waals surface area contributed by atoms with Crippen molar-refractivity contribution in [2.24, 2.45) is 0 Å². The van der Waals surface area contributed by atoms with Crippen LogP contribution in [0.1, 0.15) is 11.6 Å². The number of aromatic nitrogens is 3. The van der Waals surface area contributed by atoms with Crippen LogP contribution in [-0.2, 0) is 16.1 Å². The summed E-state index contributed by atoms with van der Waals surface area (Å²) in [4.78, 5) is 7.59. The molecule has 1 N–H and O–H groups in total. The van der Waals surface area contributed by atoms with Crippen LogP contribution in [0.4, 0.5) is 23.2 Å². The summed E-state index contributed by atoms with van der Waals surface area (Å²) in [7, 11) is -3.04.